The summed E-state index contributed by atoms with van der Waals surface area (Å²) in [7, 11) is 0. The van der Waals surface area contributed by atoms with Gasteiger partial charge in [0.1, 0.15) is 5.82 Å². The third-order valence-corrected chi connectivity index (χ3v) is 7.48. The molecule has 2 fully saturated rings. The SMILES string of the molecule is C[C@H]1CCCC[C@H]1NC(=O)C1CCN(c2nc3ccccc3n2Cc2ccc(F)cc2)CC1. The summed E-state index contributed by atoms with van der Waals surface area (Å²) in [5.74, 6) is 1.59. The van der Waals surface area contributed by atoms with E-state index in [4.69, 9.17) is 4.98 Å². The fraction of sp³-hybridized carbons (Fsp3) is 0.481. The van der Waals surface area contributed by atoms with E-state index in [0.717, 1.165) is 54.9 Å². The molecule has 5 rings (SSSR count). The van der Waals surface area contributed by atoms with Gasteiger partial charge in [0.05, 0.1) is 17.6 Å². The molecule has 3 aromatic rings. The molecule has 2 atom stereocenters. The van der Waals surface area contributed by atoms with Crippen LogP contribution in [0.3, 0.4) is 0 Å². The van der Waals surface area contributed by atoms with Crippen molar-refractivity contribution in [3.05, 3.63) is 59.9 Å². The number of para-hydroxylation sites is 2. The molecule has 5 nitrogen and oxygen atoms in total. The Morgan fingerprint density at radius 3 is 2.52 bits per heavy atom. The predicted octanol–water partition coefficient (Wildman–Crippen LogP) is 5.14. The second-order valence-corrected chi connectivity index (χ2v) is 9.75. The van der Waals surface area contributed by atoms with Crippen molar-refractivity contribution in [2.75, 3.05) is 18.0 Å². The number of aromatic nitrogens is 2. The number of carbonyl (C=O) groups is 1. The lowest BCUT2D eigenvalue weighted by atomic mass is 9.85. The molecule has 33 heavy (non-hydrogen) atoms. The van der Waals surface area contributed by atoms with Crippen LogP contribution in [0.4, 0.5) is 10.3 Å². The van der Waals surface area contributed by atoms with Crippen LogP contribution < -0.4 is 10.2 Å². The third-order valence-electron chi connectivity index (χ3n) is 7.48. The number of amides is 1. The van der Waals surface area contributed by atoms with Gasteiger partial charge in [-0.1, -0.05) is 44.0 Å². The molecule has 0 radical (unpaired) electrons. The number of piperidine rings is 1. The molecular formula is C27H33FN4O. The fourth-order valence-corrected chi connectivity index (χ4v) is 5.41. The maximum Gasteiger partial charge on any atom is 0.223 e. The highest BCUT2D eigenvalue weighted by Gasteiger charge is 2.30. The Morgan fingerprint density at radius 1 is 1.03 bits per heavy atom. The number of halogens is 1. The molecule has 1 saturated carbocycles. The van der Waals surface area contributed by atoms with Crippen LogP contribution >= 0.6 is 0 Å². The predicted molar refractivity (Wildman–Crippen MR) is 130 cm³/mol. The summed E-state index contributed by atoms with van der Waals surface area (Å²) >= 11 is 0. The molecule has 1 aliphatic heterocycles. The molecule has 2 aliphatic rings. The molecule has 1 saturated heterocycles. The van der Waals surface area contributed by atoms with Gasteiger partial charge in [0.2, 0.25) is 11.9 Å². The van der Waals surface area contributed by atoms with Gasteiger partial charge in [-0.15, -0.1) is 0 Å². The summed E-state index contributed by atoms with van der Waals surface area (Å²) in [5, 5.41) is 3.35. The van der Waals surface area contributed by atoms with Gasteiger partial charge in [-0.3, -0.25) is 4.79 Å². The lowest BCUT2D eigenvalue weighted by Crippen LogP contribution is -2.47. The molecule has 6 heteroatoms. The van der Waals surface area contributed by atoms with Crippen molar-refractivity contribution in [1.29, 1.82) is 0 Å². The topological polar surface area (TPSA) is 50.2 Å². The van der Waals surface area contributed by atoms with Crippen LogP contribution in [0.5, 0.6) is 0 Å². The lowest BCUT2D eigenvalue weighted by Gasteiger charge is -2.35. The van der Waals surface area contributed by atoms with Crippen molar-refractivity contribution in [3.63, 3.8) is 0 Å². The normalized spacial score (nSPS) is 21.9. The average Bonchev–Trinajstić information content (AvgIpc) is 3.20. The molecule has 0 spiro atoms. The Labute approximate surface area is 195 Å². The van der Waals surface area contributed by atoms with Crippen LogP contribution in [0, 0.1) is 17.7 Å². The smallest absolute Gasteiger partial charge is 0.223 e. The molecule has 1 amide bonds. The summed E-state index contributed by atoms with van der Waals surface area (Å²) in [6.07, 6.45) is 6.51. The van der Waals surface area contributed by atoms with Crippen LogP contribution in [0.25, 0.3) is 11.0 Å². The van der Waals surface area contributed by atoms with Gasteiger partial charge in [0.15, 0.2) is 0 Å². The minimum absolute atomic E-state index is 0.0744. The minimum Gasteiger partial charge on any atom is -0.353 e. The van der Waals surface area contributed by atoms with E-state index < -0.39 is 0 Å². The maximum atomic E-state index is 13.4. The van der Waals surface area contributed by atoms with Crippen LogP contribution in [-0.2, 0) is 11.3 Å². The third kappa shape index (κ3) is 4.75. The molecule has 1 aromatic heterocycles. The van der Waals surface area contributed by atoms with Crippen molar-refractivity contribution in [2.24, 2.45) is 11.8 Å². The van der Waals surface area contributed by atoms with E-state index >= 15 is 0 Å². The van der Waals surface area contributed by atoms with Gasteiger partial charge in [0.25, 0.3) is 0 Å². The van der Waals surface area contributed by atoms with Crippen LogP contribution in [0.2, 0.25) is 0 Å². The number of nitrogens with one attached hydrogen (secondary N) is 1. The molecule has 1 N–H and O–H groups in total. The van der Waals surface area contributed by atoms with E-state index in [2.05, 4.69) is 27.8 Å². The number of rotatable bonds is 5. The minimum atomic E-state index is -0.225. The van der Waals surface area contributed by atoms with Gasteiger partial charge >= 0.3 is 0 Å². The molecule has 2 heterocycles. The van der Waals surface area contributed by atoms with Crippen LogP contribution in [0.15, 0.2) is 48.5 Å². The highest BCUT2D eigenvalue weighted by molar-refractivity contribution is 5.80. The number of hydrogen-bond acceptors (Lipinski definition) is 3. The number of carbonyl (C=O) groups excluding carboxylic acids is 1. The summed E-state index contributed by atoms with van der Waals surface area (Å²) < 4.78 is 15.6. The first-order valence-electron chi connectivity index (χ1n) is 12.3. The van der Waals surface area contributed by atoms with E-state index in [-0.39, 0.29) is 17.6 Å². The molecule has 1 aliphatic carbocycles. The summed E-state index contributed by atoms with van der Waals surface area (Å²) in [5.41, 5.74) is 3.07. The molecule has 2 aromatic carbocycles. The standard InChI is InChI=1S/C27H33FN4O/c1-19-6-2-3-7-23(19)29-26(33)21-14-16-31(17-15-21)27-30-24-8-4-5-9-25(24)32(27)18-20-10-12-22(28)13-11-20/h4-5,8-13,19,21,23H,2-3,6-7,14-18H2,1H3,(H,29,33)/t19-,23+/m0/s1. The second kappa shape index (κ2) is 9.54. The van der Waals surface area contributed by atoms with Gasteiger partial charge in [-0.05, 0) is 61.4 Å². The van der Waals surface area contributed by atoms with E-state index in [1.54, 1.807) is 0 Å². The molecular weight excluding hydrogens is 415 g/mol. The zero-order valence-electron chi connectivity index (χ0n) is 19.3. The van der Waals surface area contributed by atoms with Crippen molar-refractivity contribution < 1.29 is 9.18 Å². The van der Waals surface area contributed by atoms with Gasteiger partial charge in [-0.2, -0.15) is 0 Å². The summed E-state index contributed by atoms with van der Waals surface area (Å²) in [6, 6.07) is 15.2. The zero-order valence-corrected chi connectivity index (χ0v) is 19.3. The maximum absolute atomic E-state index is 13.4. The van der Waals surface area contributed by atoms with E-state index in [0.29, 0.717) is 18.5 Å². The van der Waals surface area contributed by atoms with E-state index in [9.17, 15) is 9.18 Å². The van der Waals surface area contributed by atoms with Crippen LogP contribution in [0.1, 0.15) is 51.0 Å². The molecule has 174 valence electrons. The van der Waals surface area contributed by atoms with Crippen molar-refractivity contribution in [2.45, 2.75) is 58.0 Å². The van der Waals surface area contributed by atoms with E-state index in [1.165, 1.54) is 31.4 Å². The second-order valence-electron chi connectivity index (χ2n) is 9.75. The highest BCUT2D eigenvalue weighted by atomic mass is 19.1. The Morgan fingerprint density at radius 2 is 1.76 bits per heavy atom. The van der Waals surface area contributed by atoms with Gasteiger partial charge in [0, 0.05) is 25.0 Å². The lowest BCUT2D eigenvalue weighted by molar-refractivity contribution is -0.126. The largest absolute Gasteiger partial charge is 0.353 e. The Bertz CT molecular complexity index is 1100. The van der Waals surface area contributed by atoms with Crippen molar-refractivity contribution >= 4 is 22.9 Å². The van der Waals surface area contributed by atoms with Crippen LogP contribution in [-0.4, -0.2) is 34.6 Å². The Hall–Kier alpha value is -2.89. The van der Waals surface area contributed by atoms with Gasteiger partial charge in [-0.25, -0.2) is 9.37 Å². The summed E-state index contributed by atoms with van der Waals surface area (Å²) in [6.45, 7) is 4.52. The summed E-state index contributed by atoms with van der Waals surface area (Å²) in [4.78, 5) is 20.2. The molecule has 0 unspecified atom stereocenters. The first-order chi connectivity index (χ1) is 16.1. The van der Waals surface area contributed by atoms with Gasteiger partial charge < -0.3 is 14.8 Å². The number of benzene rings is 2. The molecule has 0 bridgehead atoms. The Balaban J connectivity index is 1.30. The van der Waals surface area contributed by atoms with E-state index in [1.807, 2.05) is 30.3 Å². The first-order valence-corrected chi connectivity index (χ1v) is 12.3. The zero-order chi connectivity index (χ0) is 22.8. The first kappa shape index (κ1) is 21.9. The monoisotopic (exact) mass is 448 g/mol. The highest BCUT2D eigenvalue weighted by Crippen LogP contribution is 2.29. The number of nitrogens with zero attached hydrogens (tertiary/aromatic N) is 3. The number of imidazole rings is 1. The number of fused-ring (bicyclic) bond motifs is 1. The number of anilines is 1. The Kier molecular flexibility index (Phi) is 6.34. The van der Waals surface area contributed by atoms with Crippen molar-refractivity contribution in [1.82, 2.24) is 14.9 Å². The number of hydrogen-bond donors (Lipinski definition) is 1. The fourth-order valence-electron chi connectivity index (χ4n) is 5.41. The average molecular weight is 449 g/mol. The quantitative estimate of drug-likeness (QED) is 0.588. The van der Waals surface area contributed by atoms with Crippen molar-refractivity contribution in [3.8, 4) is 0 Å².